The summed E-state index contributed by atoms with van der Waals surface area (Å²) >= 11 is 0. The van der Waals surface area contributed by atoms with E-state index in [0.717, 1.165) is 22.7 Å². The Morgan fingerprint density at radius 1 is 1.00 bits per heavy atom. The number of ether oxygens (including phenoxy) is 1. The lowest BCUT2D eigenvalue weighted by Crippen LogP contribution is -2.15. The molecule has 0 fully saturated rings. The second kappa shape index (κ2) is 10.7. The SMILES string of the molecule is C=CC(=O)Nc1cccc(N(C)c2ncnc(Nc3ccc(OCc4ccccc4)cc3)n2)c1. The van der Waals surface area contributed by atoms with Crippen LogP contribution >= 0.6 is 0 Å². The van der Waals surface area contributed by atoms with Gasteiger partial charge in [0.1, 0.15) is 18.7 Å². The van der Waals surface area contributed by atoms with E-state index in [1.54, 1.807) is 11.0 Å². The fourth-order valence-corrected chi connectivity index (χ4v) is 3.12. The van der Waals surface area contributed by atoms with Gasteiger partial charge in [-0.3, -0.25) is 4.79 Å². The van der Waals surface area contributed by atoms with E-state index in [4.69, 9.17) is 4.74 Å². The number of benzene rings is 3. The molecule has 0 spiro atoms. The summed E-state index contributed by atoms with van der Waals surface area (Å²) in [5, 5.41) is 5.93. The van der Waals surface area contributed by atoms with Crippen molar-refractivity contribution in [2.45, 2.75) is 6.61 Å². The maximum atomic E-state index is 11.6. The molecule has 3 aromatic carbocycles. The molecule has 1 amide bonds. The van der Waals surface area contributed by atoms with Crippen molar-refractivity contribution in [2.75, 3.05) is 22.6 Å². The van der Waals surface area contributed by atoms with Gasteiger partial charge in [-0.25, -0.2) is 9.97 Å². The Kier molecular flexibility index (Phi) is 7.09. The van der Waals surface area contributed by atoms with E-state index in [1.807, 2.05) is 79.8 Å². The molecule has 1 aromatic heterocycles. The molecule has 0 radical (unpaired) electrons. The predicted molar refractivity (Wildman–Crippen MR) is 134 cm³/mol. The Hall–Kier alpha value is -4.72. The average Bonchev–Trinajstić information content (AvgIpc) is 2.88. The summed E-state index contributed by atoms with van der Waals surface area (Å²) in [4.78, 5) is 26.4. The molecule has 8 heteroatoms. The third kappa shape index (κ3) is 5.95. The highest BCUT2D eigenvalue weighted by molar-refractivity contribution is 5.99. The molecule has 0 aliphatic heterocycles. The van der Waals surface area contributed by atoms with Crippen molar-refractivity contribution in [2.24, 2.45) is 0 Å². The summed E-state index contributed by atoms with van der Waals surface area (Å²) in [6.45, 7) is 3.98. The molecular weight excluding hydrogens is 428 g/mol. The summed E-state index contributed by atoms with van der Waals surface area (Å²) in [5.41, 5.74) is 3.39. The first-order valence-electron chi connectivity index (χ1n) is 10.6. The first-order chi connectivity index (χ1) is 16.6. The van der Waals surface area contributed by atoms with Crippen LogP contribution in [0.3, 0.4) is 0 Å². The van der Waals surface area contributed by atoms with Gasteiger partial charge in [0.15, 0.2) is 0 Å². The summed E-state index contributed by atoms with van der Waals surface area (Å²) < 4.78 is 5.83. The smallest absolute Gasteiger partial charge is 0.247 e. The summed E-state index contributed by atoms with van der Waals surface area (Å²) in [5.74, 6) is 1.36. The second-order valence-corrected chi connectivity index (χ2v) is 7.34. The number of carbonyl (C=O) groups excluding carboxylic acids is 1. The maximum Gasteiger partial charge on any atom is 0.247 e. The molecule has 4 aromatic rings. The van der Waals surface area contributed by atoms with Gasteiger partial charge >= 0.3 is 0 Å². The highest BCUT2D eigenvalue weighted by atomic mass is 16.5. The van der Waals surface area contributed by atoms with Crippen LogP contribution in [0.5, 0.6) is 5.75 Å². The van der Waals surface area contributed by atoms with Crippen molar-refractivity contribution in [1.29, 1.82) is 0 Å². The molecule has 4 rings (SSSR count). The Bertz CT molecular complexity index is 1260. The van der Waals surface area contributed by atoms with Gasteiger partial charge < -0.3 is 20.3 Å². The van der Waals surface area contributed by atoms with Crippen LogP contribution in [-0.4, -0.2) is 27.9 Å². The monoisotopic (exact) mass is 452 g/mol. The van der Waals surface area contributed by atoms with E-state index >= 15 is 0 Å². The van der Waals surface area contributed by atoms with Crippen LogP contribution < -0.4 is 20.3 Å². The van der Waals surface area contributed by atoms with Crippen LogP contribution in [-0.2, 0) is 11.4 Å². The third-order valence-corrected chi connectivity index (χ3v) is 4.90. The van der Waals surface area contributed by atoms with E-state index in [2.05, 4.69) is 32.2 Å². The first-order valence-corrected chi connectivity index (χ1v) is 10.6. The molecule has 8 nitrogen and oxygen atoms in total. The van der Waals surface area contributed by atoms with Crippen molar-refractivity contribution < 1.29 is 9.53 Å². The van der Waals surface area contributed by atoms with Crippen LogP contribution in [0.15, 0.2) is 97.8 Å². The minimum Gasteiger partial charge on any atom is -0.489 e. The Labute approximate surface area is 198 Å². The number of aromatic nitrogens is 3. The summed E-state index contributed by atoms with van der Waals surface area (Å²) in [6, 6.07) is 25.0. The first kappa shape index (κ1) is 22.5. The molecule has 0 bridgehead atoms. The van der Waals surface area contributed by atoms with Crippen molar-refractivity contribution in [3.05, 3.63) is 103 Å². The van der Waals surface area contributed by atoms with E-state index in [1.165, 1.54) is 12.4 Å². The average molecular weight is 453 g/mol. The highest BCUT2D eigenvalue weighted by Crippen LogP contribution is 2.25. The van der Waals surface area contributed by atoms with Crippen LogP contribution in [0.2, 0.25) is 0 Å². The van der Waals surface area contributed by atoms with Crippen LogP contribution in [0.25, 0.3) is 0 Å². The minimum absolute atomic E-state index is 0.275. The molecular formula is C26H24N6O2. The van der Waals surface area contributed by atoms with Crippen molar-refractivity contribution in [1.82, 2.24) is 15.0 Å². The molecule has 0 saturated carbocycles. The van der Waals surface area contributed by atoms with Crippen LogP contribution in [0.4, 0.5) is 29.0 Å². The normalized spacial score (nSPS) is 10.3. The zero-order valence-electron chi connectivity index (χ0n) is 18.7. The van der Waals surface area contributed by atoms with Crippen molar-refractivity contribution in [3.8, 4) is 5.75 Å². The summed E-state index contributed by atoms with van der Waals surface area (Å²) in [7, 11) is 1.84. The molecule has 34 heavy (non-hydrogen) atoms. The molecule has 0 aliphatic rings. The van der Waals surface area contributed by atoms with Crippen molar-refractivity contribution >= 4 is 34.9 Å². The number of hydrogen-bond donors (Lipinski definition) is 2. The molecule has 0 aliphatic carbocycles. The number of anilines is 5. The maximum absolute atomic E-state index is 11.6. The zero-order chi connectivity index (χ0) is 23.8. The lowest BCUT2D eigenvalue weighted by Gasteiger charge is -2.18. The molecule has 2 N–H and O–H groups in total. The van der Waals surface area contributed by atoms with E-state index in [9.17, 15) is 4.79 Å². The molecule has 0 atom stereocenters. The van der Waals surface area contributed by atoms with E-state index < -0.39 is 0 Å². The highest BCUT2D eigenvalue weighted by Gasteiger charge is 2.10. The van der Waals surface area contributed by atoms with Crippen LogP contribution in [0, 0.1) is 0 Å². The lowest BCUT2D eigenvalue weighted by molar-refractivity contribution is -0.111. The van der Waals surface area contributed by atoms with Gasteiger partial charge in [-0.15, -0.1) is 0 Å². The van der Waals surface area contributed by atoms with Gasteiger partial charge in [-0.2, -0.15) is 4.98 Å². The van der Waals surface area contributed by atoms with Gasteiger partial charge in [0.25, 0.3) is 0 Å². The van der Waals surface area contributed by atoms with Crippen molar-refractivity contribution in [3.63, 3.8) is 0 Å². The molecule has 170 valence electrons. The Morgan fingerprint density at radius 3 is 2.56 bits per heavy atom. The number of amides is 1. The van der Waals surface area contributed by atoms with Gasteiger partial charge in [0.2, 0.25) is 17.8 Å². The Morgan fingerprint density at radius 2 is 1.79 bits per heavy atom. The number of nitrogens with one attached hydrogen (secondary N) is 2. The molecule has 0 unspecified atom stereocenters. The minimum atomic E-state index is -0.275. The second-order valence-electron chi connectivity index (χ2n) is 7.34. The zero-order valence-corrected chi connectivity index (χ0v) is 18.7. The van der Waals surface area contributed by atoms with E-state index in [0.29, 0.717) is 24.2 Å². The molecule has 1 heterocycles. The topological polar surface area (TPSA) is 92.3 Å². The molecule has 0 saturated heterocycles. The Balaban J connectivity index is 1.41. The van der Waals surface area contributed by atoms with Gasteiger partial charge in [-0.05, 0) is 54.1 Å². The predicted octanol–water partition coefficient (Wildman–Crippen LogP) is 5.09. The van der Waals surface area contributed by atoms with Crippen LogP contribution in [0.1, 0.15) is 5.56 Å². The third-order valence-electron chi connectivity index (χ3n) is 4.90. The quantitative estimate of drug-likeness (QED) is 0.342. The number of nitrogens with zero attached hydrogens (tertiary/aromatic N) is 4. The number of hydrogen-bond acceptors (Lipinski definition) is 7. The van der Waals surface area contributed by atoms with E-state index in [-0.39, 0.29) is 5.91 Å². The van der Waals surface area contributed by atoms with Gasteiger partial charge in [0, 0.05) is 24.1 Å². The number of rotatable bonds is 9. The lowest BCUT2D eigenvalue weighted by atomic mass is 10.2. The fraction of sp³-hybridized carbons (Fsp3) is 0.0769. The number of carbonyl (C=O) groups is 1. The summed E-state index contributed by atoms with van der Waals surface area (Å²) in [6.07, 6.45) is 2.67. The van der Waals surface area contributed by atoms with Gasteiger partial charge in [-0.1, -0.05) is 43.0 Å². The largest absolute Gasteiger partial charge is 0.489 e. The fourth-order valence-electron chi connectivity index (χ4n) is 3.12. The standard InChI is InChI=1S/C26H24N6O2/c1-3-24(33)29-21-10-7-11-22(16-21)32(2)26-28-18-27-25(31-26)30-20-12-14-23(15-13-20)34-17-19-8-5-4-6-9-19/h3-16,18H,1,17H2,2H3,(H,29,33)(H,27,28,30,31). The van der Waals surface area contributed by atoms with Gasteiger partial charge in [0.05, 0.1) is 0 Å².